The fraction of sp³-hybridized carbons (Fsp3) is 0.692. The van der Waals surface area contributed by atoms with E-state index in [1.165, 1.54) is 11.3 Å². The van der Waals surface area contributed by atoms with E-state index in [1.807, 2.05) is 0 Å². The summed E-state index contributed by atoms with van der Waals surface area (Å²) in [7, 11) is -3.31. The van der Waals surface area contributed by atoms with Gasteiger partial charge in [0.25, 0.3) is 10.0 Å². The number of hydrogen-bond acceptors (Lipinski definition) is 3. The second-order valence-corrected chi connectivity index (χ2v) is 8.56. The van der Waals surface area contributed by atoms with Crippen molar-refractivity contribution in [3.05, 3.63) is 17.0 Å². The van der Waals surface area contributed by atoms with Crippen LogP contribution in [-0.4, -0.2) is 25.8 Å². The molecular formula is C13H20ClNO2S2. The van der Waals surface area contributed by atoms with Crippen LogP contribution in [0.4, 0.5) is 0 Å². The van der Waals surface area contributed by atoms with Gasteiger partial charge < -0.3 is 0 Å². The number of nitrogens with zero attached hydrogens (tertiary/aromatic N) is 1. The summed E-state index contributed by atoms with van der Waals surface area (Å²) in [5, 5.41) is 0. The van der Waals surface area contributed by atoms with Crippen LogP contribution in [0.5, 0.6) is 0 Å². The molecule has 1 aromatic heterocycles. The van der Waals surface area contributed by atoms with E-state index in [4.69, 9.17) is 11.6 Å². The quantitative estimate of drug-likeness (QED) is 0.793. The van der Waals surface area contributed by atoms with Crippen molar-refractivity contribution in [2.24, 2.45) is 5.92 Å². The Balaban J connectivity index is 2.15. The average molecular weight is 322 g/mol. The van der Waals surface area contributed by atoms with Gasteiger partial charge in [0, 0.05) is 18.0 Å². The van der Waals surface area contributed by atoms with Crippen molar-refractivity contribution in [2.45, 2.75) is 42.7 Å². The second kappa shape index (κ2) is 6.57. The Morgan fingerprint density at radius 2 is 2.16 bits per heavy atom. The van der Waals surface area contributed by atoms with E-state index in [2.05, 4.69) is 6.92 Å². The minimum absolute atomic E-state index is 0.373. The maximum absolute atomic E-state index is 12.6. The molecule has 0 aromatic carbocycles. The van der Waals surface area contributed by atoms with Gasteiger partial charge >= 0.3 is 0 Å². The van der Waals surface area contributed by atoms with Crippen LogP contribution < -0.4 is 0 Å². The summed E-state index contributed by atoms with van der Waals surface area (Å²) in [5.74, 6) is 1.04. The lowest BCUT2D eigenvalue weighted by atomic mass is 9.98. The molecule has 1 unspecified atom stereocenters. The Morgan fingerprint density at radius 1 is 1.37 bits per heavy atom. The lowest BCUT2D eigenvalue weighted by Gasteiger charge is -2.19. The Kier molecular flexibility index (Phi) is 5.29. The van der Waals surface area contributed by atoms with Crippen LogP contribution in [-0.2, 0) is 15.9 Å². The van der Waals surface area contributed by atoms with Crippen LogP contribution >= 0.6 is 22.9 Å². The lowest BCUT2D eigenvalue weighted by molar-refractivity contribution is 0.408. The molecule has 1 aromatic rings. The van der Waals surface area contributed by atoms with Crippen molar-refractivity contribution in [2.75, 3.05) is 13.1 Å². The molecule has 1 saturated heterocycles. The van der Waals surface area contributed by atoms with Crippen molar-refractivity contribution in [3.8, 4) is 0 Å². The highest BCUT2D eigenvalue weighted by molar-refractivity contribution is 7.91. The Bertz CT molecular complexity index is 512. The minimum Gasteiger partial charge on any atom is -0.206 e. The summed E-state index contributed by atoms with van der Waals surface area (Å²) in [6.45, 7) is 3.47. The van der Waals surface area contributed by atoms with Gasteiger partial charge in [-0.3, -0.25) is 0 Å². The molecule has 0 saturated carbocycles. The Labute approximate surface area is 124 Å². The van der Waals surface area contributed by atoms with Gasteiger partial charge in [0.1, 0.15) is 4.21 Å². The molecule has 1 aliphatic heterocycles. The summed E-state index contributed by atoms with van der Waals surface area (Å²) in [6, 6.07) is 3.48. The maximum Gasteiger partial charge on any atom is 0.252 e. The first-order valence-electron chi connectivity index (χ1n) is 6.72. The third kappa shape index (κ3) is 3.51. The van der Waals surface area contributed by atoms with Crippen molar-refractivity contribution in [1.82, 2.24) is 4.31 Å². The molecule has 1 atom stereocenters. The number of sulfonamides is 1. The van der Waals surface area contributed by atoms with Crippen LogP contribution in [0.2, 0.25) is 0 Å². The highest BCUT2D eigenvalue weighted by atomic mass is 35.5. The van der Waals surface area contributed by atoms with Crippen LogP contribution in [0.3, 0.4) is 0 Å². The number of thiophene rings is 1. The van der Waals surface area contributed by atoms with E-state index in [9.17, 15) is 8.42 Å². The van der Waals surface area contributed by atoms with E-state index < -0.39 is 10.0 Å². The molecule has 0 N–H and O–H groups in total. The summed E-state index contributed by atoms with van der Waals surface area (Å²) in [6.07, 6.45) is 4.22. The summed E-state index contributed by atoms with van der Waals surface area (Å²) >= 11 is 7.03. The molecule has 0 bridgehead atoms. The Hall–Kier alpha value is -0.100. The lowest BCUT2D eigenvalue weighted by Crippen LogP contribution is -2.31. The molecule has 108 valence electrons. The molecule has 6 heteroatoms. The number of alkyl halides is 1. The van der Waals surface area contributed by atoms with Crippen LogP contribution in [0, 0.1) is 5.92 Å². The van der Waals surface area contributed by atoms with Crippen molar-refractivity contribution < 1.29 is 8.42 Å². The van der Waals surface area contributed by atoms with Gasteiger partial charge in [-0.05, 0) is 37.3 Å². The van der Waals surface area contributed by atoms with Gasteiger partial charge in [0.2, 0.25) is 0 Å². The maximum atomic E-state index is 12.6. The molecule has 0 amide bonds. The standard InChI is InChI=1S/C13H20ClNO2S2/c1-2-11-4-3-8-15(9-7-11)19(16,17)13-6-5-12(10-14)18-13/h5-6,11H,2-4,7-10H2,1H3. The first-order chi connectivity index (χ1) is 9.07. The molecule has 2 rings (SSSR count). The molecule has 0 aliphatic carbocycles. The van der Waals surface area contributed by atoms with Gasteiger partial charge in [-0.15, -0.1) is 22.9 Å². The van der Waals surface area contributed by atoms with E-state index in [0.29, 0.717) is 29.1 Å². The highest BCUT2D eigenvalue weighted by Crippen LogP contribution is 2.29. The number of hydrogen-bond donors (Lipinski definition) is 0. The smallest absolute Gasteiger partial charge is 0.206 e. The molecular weight excluding hydrogens is 302 g/mol. The van der Waals surface area contributed by atoms with E-state index in [0.717, 1.165) is 30.6 Å². The molecule has 1 fully saturated rings. The fourth-order valence-electron chi connectivity index (χ4n) is 2.48. The minimum atomic E-state index is -3.31. The monoisotopic (exact) mass is 321 g/mol. The molecule has 3 nitrogen and oxygen atoms in total. The van der Waals surface area contributed by atoms with E-state index >= 15 is 0 Å². The van der Waals surface area contributed by atoms with Crippen LogP contribution in [0.25, 0.3) is 0 Å². The summed E-state index contributed by atoms with van der Waals surface area (Å²) in [5.41, 5.74) is 0. The average Bonchev–Trinajstić information content (AvgIpc) is 2.76. The number of halogens is 1. The first kappa shape index (κ1) is 15.3. The van der Waals surface area contributed by atoms with E-state index in [-0.39, 0.29) is 0 Å². The largest absolute Gasteiger partial charge is 0.252 e. The molecule has 2 heterocycles. The molecule has 0 radical (unpaired) electrons. The second-order valence-electron chi connectivity index (χ2n) is 4.96. The van der Waals surface area contributed by atoms with Gasteiger partial charge in [0.15, 0.2) is 0 Å². The highest BCUT2D eigenvalue weighted by Gasteiger charge is 2.28. The van der Waals surface area contributed by atoms with Crippen molar-refractivity contribution in [3.63, 3.8) is 0 Å². The molecule has 1 aliphatic rings. The zero-order valence-corrected chi connectivity index (χ0v) is 13.5. The SMILES string of the molecule is CCC1CCCN(S(=O)(=O)c2ccc(CCl)s2)CC1. The van der Waals surface area contributed by atoms with E-state index in [1.54, 1.807) is 16.4 Å². The van der Waals surface area contributed by atoms with Gasteiger partial charge in [-0.1, -0.05) is 13.3 Å². The zero-order chi connectivity index (χ0) is 13.9. The predicted octanol–water partition coefficient (Wildman–Crippen LogP) is 3.69. The van der Waals surface area contributed by atoms with Crippen LogP contribution in [0.15, 0.2) is 16.3 Å². The predicted molar refractivity (Wildman–Crippen MR) is 80.3 cm³/mol. The van der Waals surface area contributed by atoms with Crippen LogP contribution in [0.1, 0.15) is 37.5 Å². The van der Waals surface area contributed by atoms with Gasteiger partial charge in [-0.25, -0.2) is 8.42 Å². The summed E-state index contributed by atoms with van der Waals surface area (Å²) < 4.78 is 27.2. The zero-order valence-electron chi connectivity index (χ0n) is 11.1. The molecule has 19 heavy (non-hydrogen) atoms. The fourth-order valence-corrected chi connectivity index (χ4v) is 5.59. The van der Waals surface area contributed by atoms with Gasteiger partial charge in [-0.2, -0.15) is 4.31 Å². The van der Waals surface area contributed by atoms with Crippen molar-refractivity contribution in [1.29, 1.82) is 0 Å². The molecule has 0 spiro atoms. The van der Waals surface area contributed by atoms with Gasteiger partial charge in [0.05, 0.1) is 5.88 Å². The summed E-state index contributed by atoms with van der Waals surface area (Å²) in [4.78, 5) is 0.904. The normalized spacial score (nSPS) is 22.3. The first-order valence-corrected chi connectivity index (χ1v) is 9.52. The number of rotatable bonds is 4. The Morgan fingerprint density at radius 3 is 2.79 bits per heavy atom. The topological polar surface area (TPSA) is 37.4 Å². The third-order valence-electron chi connectivity index (χ3n) is 3.75. The van der Waals surface area contributed by atoms with Crippen molar-refractivity contribution >= 4 is 33.0 Å². The third-order valence-corrected chi connectivity index (χ3v) is 7.64.